The Bertz CT molecular complexity index is 869. The number of nitrogens with two attached hydrogens (primary N) is 1. The van der Waals surface area contributed by atoms with Gasteiger partial charge in [0.15, 0.2) is 0 Å². The number of nitrogens with one attached hydrogen (secondary N) is 2. The zero-order chi connectivity index (χ0) is 33.9. The van der Waals surface area contributed by atoms with Crippen molar-refractivity contribution < 1.29 is 4.74 Å². The Hall–Kier alpha value is -2.76. The topological polar surface area (TPSA) is 71.7 Å². The fourth-order valence-electron chi connectivity index (χ4n) is 3.16. The predicted octanol–water partition coefficient (Wildman–Crippen LogP) is 10.2. The Morgan fingerprint density at radius 3 is 2.40 bits per heavy atom. The zero-order valence-electron chi connectivity index (χ0n) is 29.6. The number of aliphatic imine (C=N–C) groups is 1. The van der Waals surface area contributed by atoms with E-state index in [-0.39, 0.29) is 0 Å². The Morgan fingerprint density at radius 1 is 1.21 bits per heavy atom. The van der Waals surface area contributed by atoms with Gasteiger partial charge in [0, 0.05) is 19.3 Å². The largest absolute Gasteiger partial charge is 0.403 e. The van der Waals surface area contributed by atoms with E-state index in [4.69, 9.17) is 22.1 Å². The van der Waals surface area contributed by atoms with E-state index in [0.29, 0.717) is 23.6 Å². The molecule has 2 rings (SSSR count). The summed E-state index contributed by atoms with van der Waals surface area (Å²) >= 11 is 6.16. The van der Waals surface area contributed by atoms with Crippen LogP contribution in [0.4, 0.5) is 0 Å². The van der Waals surface area contributed by atoms with Gasteiger partial charge in [-0.2, -0.15) is 0 Å². The summed E-state index contributed by atoms with van der Waals surface area (Å²) in [5.41, 5.74) is 8.92. The smallest absolute Gasteiger partial charge is 0.0937 e. The van der Waals surface area contributed by atoms with Crippen molar-refractivity contribution in [1.29, 1.82) is 0 Å². The lowest BCUT2D eigenvalue weighted by Crippen LogP contribution is -2.30. The second-order valence-corrected chi connectivity index (χ2v) is 8.89. The zero-order valence-corrected chi connectivity index (χ0v) is 30.4. The molecule has 2 aliphatic heterocycles. The van der Waals surface area contributed by atoms with Crippen molar-refractivity contribution in [2.45, 2.75) is 102 Å². The maximum Gasteiger partial charge on any atom is 0.0937 e. The van der Waals surface area contributed by atoms with Crippen LogP contribution in [-0.4, -0.2) is 38.2 Å². The third kappa shape index (κ3) is 29.1. The fraction of sp³-hybridized carbons (Fsp3) is 0.541. The molecule has 2 heterocycles. The van der Waals surface area contributed by atoms with Crippen molar-refractivity contribution in [2.24, 2.45) is 16.6 Å². The van der Waals surface area contributed by atoms with Gasteiger partial charge in [0.05, 0.1) is 30.1 Å². The van der Waals surface area contributed by atoms with Crippen LogP contribution in [0.3, 0.4) is 0 Å². The van der Waals surface area contributed by atoms with Gasteiger partial charge in [0.1, 0.15) is 0 Å². The van der Waals surface area contributed by atoms with Gasteiger partial charge in [-0.25, -0.2) is 0 Å². The Labute approximate surface area is 272 Å². The van der Waals surface area contributed by atoms with Crippen LogP contribution in [0.5, 0.6) is 0 Å². The molecule has 0 aromatic carbocycles. The average Bonchev–Trinajstić information content (AvgIpc) is 3.17. The van der Waals surface area contributed by atoms with Gasteiger partial charge < -0.3 is 21.1 Å². The molecule has 0 bridgehead atoms. The highest BCUT2D eigenvalue weighted by Crippen LogP contribution is 2.23. The summed E-state index contributed by atoms with van der Waals surface area (Å²) < 4.78 is 5.61. The molecule has 2 aliphatic rings. The van der Waals surface area contributed by atoms with Crippen molar-refractivity contribution >= 4 is 17.4 Å². The van der Waals surface area contributed by atoms with Gasteiger partial charge >= 0.3 is 0 Å². The van der Waals surface area contributed by atoms with E-state index in [0.717, 1.165) is 50.4 Å². The monoisotopic (exact) mass is 619 g/mol. The normalized spacial score (nSPS) is 19.3. The van der Waals surface area contributed by atoms with Crippen LogP contribution in [0.2, 0.25) is 0 Å². The standard InChI is InChI=1S/C16H22ClN3.C13H21NO.4C2H6/c1-3-4-7-15(16(17)12-18)11-14-6-5-9-19-13(2)20-10-8-14;1-4-11(2)7-8-14-9-13-6-5-12(3)10-15-13;4*1-2/h3-8,12H,9-11,18H2,1-2H3,(H,19,20);4,7-8,11,13-14H,1,3,5-6,9-10H2,2H3;4*1-2H3/b4-3+,6-5-,14-8+,15-7-,16-12-;8-7+;;;;/t;11-,13?;;;;/m.0..../s1. The lowest BCUT2D eigenvalue weighted by atomic mass is 10.0. The molecule has 248 valence electrons. The van der Waals surface area contributed by atoms with Crippen molar-refractivity contribution in [3.63, 3.8) is 0 Å². The molecule has 0 saturated carbocycles. The number of nitrogens with zero attached hydrogens (tertiary/aromatic N) is 1. The number of allylic oxidation sites excluding steroid dienone is 9. The van der Waals surface area contributed by atoms with E-state index in [1.807, 2.05) is 99.7 Å². The van der Waals surface area contributed by atoms with E-state index < -0.39 is 0 Å². The van der Waals surface area contributed by atoms with Crippen LogP contribution >= 0.6 is 11.6 Å². The molecule has 0 aromatic heterocycles. The van der Waals surface area contributed by atoms with Gasteiger partial charge in [0.2, 0.25) is 0 Å². The Morgan fingerprint density at radius 2 is 1.86 bits per heavy atom. The Kier molecular flexibility index (Phi) is 40.9. The summed E-state index contributed by atoms with van der Waals surface area (Å²) in [6.45, 7) is 32.7. The molecule has 0 radical (unpaired) electrons. The van der Waals surface area contributed by atoms with Gasteiger partial charge in [-0.05, 0) is 56.4 Å². The summed E-state index contributed by atoms with van der Waals surface area (Å²) in [5.74, 6) is 1.38. The predicted molar refractivity (Wildman–Crippen MR) is 199 cm³/mol. The van der Waals surface area contributed by atoms with Gasteiger partial charge in [-0.3, -0.25) is 4.99 Å². The fourth-order valence-corrected chi connectivity index (χ4v) is 3.29. The first kappa shape index (κ1) is 47.2. The average molecular weight is 619 g/mol. The highest BCUT2D eigenvalue weighted by molar-refractivity contribution is 6.32. The lowest BCUT2D eigenvalue weighted by molar-refractivity contribution is 0.0453. The van der Waals surface area contributed by atoms with Crippen LogP contribution in [0.25, 0.3) is 0 Å². The van der Waals surface area contributed by atoms with Crippen molar-refractivity contribution in [3.05, 3.63) is 95.9 Å². The van der Waals surface area contributed by atoms with Crippen molar-refractivity contribution in [2.75, 3.05) is 26.2 Å². The number of hydrogen-bond acceptors (Lipinski definition) is 5. The number of amidine groups is 1. The second-order valence-electron chi connectivity index (χ2n) is 8.48. The third-order valence-electron chi connectivity index (χ3n) is 5.40. The molecule has 2 atom stereocenters. The third-order valence-corrected chi connectivity index (χ3v) is 5.77. The molecule has 1 fully saturated rings. The van der Waals surface area contributed by atoms with Crippen LogP contribution in [-0.2, 0) is 4.74 Å². The van der Waals surface area contributed by atoms with Crippen molar-refractivity contribution in [1.82, 2.24) is 10.6 Å². The van der Waals surface area contributed by atoms with E-state index in [1.165, 1.54) is 17.3 Å². The van der Waals surface area contributed by atoms with E-state index in [2.05, 4.69) is 60.0 Å². The quantitative estimate of drug-likeness (QED) is 0.177. The molecule has 0 aliphatic carbocycles. The van der Waals surface area contributed by atoms with Crippen LogP contribution in [0.1, 0.15) is 95.4 Å². The minimum Gasteiger partial charge on any atom is -0.403 e. The van der Waals surface area contributed by atoms with Gasteiger partial charge in [0.25, 0.3) is 0 Å². The molecule has 4 N–H and O–H groups in total. The molecule has 43 heavy (non-hydrogen) atoms. The molecule has 5 nitrogen and oxygen atoms in total. The molecule has 0 spiro atoms. The summed E-state index contributed by atoms with van der Waals surface area (Å²) in [7, 11) is 0. The van der Waals surface area contributed by atoms with E-state index in [9.17, 15) is 0 Å². The summed E-state index contributed by atoms with van der Waals surface area (Å²) in [4.78, 5) is 4.36. The molecular formula is C37H67ClN4O. The summed E-state index contributed by atoms with van der Waals surface area (Å²) in [6, 6.07) is 0. The number of halogens is 1. The minimum absolute atomic E-state index is 0.333. The van der Waals surface area contributed by atoms with Crippen LogP contribution in [0, 0.1) is 5.92 Å². The first-order valence-electron chi connectivity index (χ1n) is 16.2. The van der Waals surface area contributed by atoms with Crippen molar-refractivity contribution in [3.8, 4) is 0 Å². The maximum atomic E-state index is 6.16. The number of hydrogen-bond donors (Lipinski definition) is 3. The molecule has 1 unspecified atom stereocenters. The molecular weight excluding hydrogens is 552 g/mol. The maximum absolute atomic E-state index is 6.16. The first-order chi connectivity index (χ1) is 20.9. The highest BCUT2D eigenvalue weighted by atomic mass is 35.5. The molecule has 6 heteroatoms. The lowest BCUT2D eigenvalue weighted by Gasteiger charge is -2.24. The Balaban J connectivity index is -0.000000293. The minimum atomic E-state index is 0.333. The van der Waals surface area contributed by atoms with E-state index >= 15 is 0 Å². The summed E-state index contributed by atoms with van der Waals surface area (Å²) in [5, 5.41) is 7.08. The second kappa shape index (κ2) is 37.3. The first-order valence-corrected chi connectivity index (χ1v) is 16.6. The summed E-state index contributed by atoms with van der Waals surface area (Å²) in [6.07, 6.45) is 22.9. The molecule has 1 saturated heterocycles. The highest BCUT2D eigenvalue weighted by Gasteiger charge is 2.14. The molecule has 0 amide bonds. The van der Waals surface area contributed by atoms with Crippen LogP contribution < -0.4 is 16.4 Å². The number of rotatable bonds is 9. The van der Waals surface area contributed by atoms with Crippen LogP contribution in [0.15, 0.2) is 101 Å². The molecule has 0 aromatic rings. The van der Waals surface area contributed by atoms with E-state index in [1.54, 1.807) is 0 Å². The SMILES string of the molecule is C/C=C/C=C(CC1=C/CNC(C)=NC/C=C\1)\C(Cl)=C\N.C=C[C@H](C)/C=C/NCC1CCC(=C)CO1.CC.CC.CC.CC. The number of ether oxygens (including phenoxy) is 1. The van der Waals surface area contributed by atoms with Gasteiger partial charge in [-0.15, -0.1) is 6.58 Å². The van der Waals surface area contributed by atoms with Gasteiger partial charge in [-0.1, -0.05) is 135 Å².